The van der Waals surface area contributed by atoms with E-state index in [0.717, 1.165) is 17.1 Å². The third-order valence-corrected chi connectivity index (χ3v) is 12.5. The van der Waals surface area contributed by atoms with Crippen molar-refractivity contribution in [3.63, 3.8) is 0 Å². The van der Waals surface area contributed by atoms with E-state index < -0.39 is 0 Å². The molecule has 11 rings (SSSR count). The molecule has 0 N–H and O–H groups in total. The molecule has 2 heteroatoms. The molecule has 8 aromatic carbocycles. The van der Waals surface area contributed by atoms with Crippen LogP contribution in [0.2, 0.25) is 0 Å². The van der Waals surface area contributed by atoms with Crippen molar-refractivity contribution in [2.75, 3.05) is 4.90 Å². The number of nitrogens with zero attached hydrogens (tertiary/aromatic N) is 2. The van der Waals surface area contributed by atoms with E-state index >= 15 is 0 Å². The standard InChI is InChI=1S/C53H40N2/c1-53(2)49-22-8-5-17-45(49)46-32-30-40(34-50(46)53)54(38-14-11-15-39(33-38)55-51-23-9-6-18-47(51)48-19-7-10-24-52(48)55)37-28-25-36(26-29-37)42-20-12-21-43-41-16-4-3-13-35(41)27-31-44(42)43/h3-34,45,49H,1-2H3. The van der Waals surface area contributed by atoms with Crippen molar-refractivity contribution >= 4 is 60.4 Å². The average molecular weight is 705 g/mol. The van der Waals surface area contributed by atoms with Gasteiger partial charge in [0, 0.05) is 39.4 Å². The molecule has 0 aliphatic heterocycles. The van der Waals surface area contributed by atoms with Gasteiger partial charge >= 0.3 is 0 Å². The molecular formula is C53H40N2. The maximum Gasteiger partial charge on any atom is 0.0541 e. The highest BCUT2D eigenvalue weighted by Crippen LogP contribution is 2.54. The fourth-order valence-electron chi connectivity index (χ4n) is 9.81. The SMILES string of the molecule is CC1(C)c2cc(N(c3ccc(-c4cccc5c4ccc4ccccc45)cc3)c3cccc(-n4c5ccccc5c5ccccc54)c3)ccc2C2C=CC=CC21. The Morgan fingerprint density at radius 3 is 1.95 bits per heavy atom. The van der Waals surface area contributed by atoms with Crippen LogP contribution in [-0.2, 0) is 5.41 Å². The first-order chi connectivity index (χ1) is 27.0. The van der Waals surface area contributed by atoms with Gasteiger partial charge in [-0.1, -0.05) is 153 Å². The summed E-state index contributed by atoms with van der Waals surface area (Å²) in [6, 6.07) is 62.8. The minimum absolute atomic E-state index is 0.0101. The van der Waals surface area contributed by atoms with Crippen molar-refractivity contribution in [3.8, 4) is 16.8 Å². The van der Waals surface area contributed by atoms with Gasteiger partial charge in [0.15, 0.2) is 0 Å². The molecule has 0 bridgehead atoms. The zero-order chi connectivity index (χ0) is 36.7. The Morgan fingerprint density at radius 2 is 1.15 bits per heavy atom. The molecular weight excluding hydrogens is 665 g/mol. The summed E-state index contributed by atoms with van der Waals surface area (Å²) in [4.78, 5) is 2.45. The van der Waals surface area contributed by atoms with Gasteiger partial charge in [-0.2, -0.15) is 0 Å². The molecule has 0 saturated carbocycles. The number of fused-ring (bicyclic) bond motifs is 9. The summed E-state index contributed by atoms with van der Waals surface area (Å²) < 4.78 is 2.41. The van der Waals surface area contributed by atoms with E-state index in [4.69, 9.17) is 0 Å². The van der Waals surface area contributed by atoms with Crippen molar-refractivity contribution in [2.24, 2.45) is 5.92 Å². The molecule has 0 radical (unpaired) electrons. The van der Waals surface area contributed by atoms with Crippen LogP contribution in [0.25, 0.3) is 60.2 Å². The molecule has 2 atom stereocenters. The van der Waals surface area contributed by atoms with E-state index in [1.807, 2.05) is 0 Å². The van der Waals surface area contributed by atoms with Crippen LogP contribution in [0.15, 0.2) is 194 Å². The van der Waals surface area contributed by atoms with Crippen LogP contribution in [0, 0.1) is 5.92 Å². The molecule has 9 aromatic rings. The molecule has 2 unspecified atom stereocenters. The van der Waals surface area contributed by atoms with Gasteiger partial charge in [-0.15, -0.1) is 0 Å². The molecule has 0 spiro atoms. The van der Waals surface area contributed by atoms with Gasteiger partial charge in [-0.3, -0.25) is 0 Å². The Hall–Kier alpha value is -6.64. The first-order valence-electron chi connectivity index (χ1n) is 19.4. The Labute approximate surface area is 321 Å². The lowest BCUT2D eigenvalue weighted by atomic mass is 9.74. The van der Waals surface area contributed by atoms with Crippen molar-refractivity contribution in [2.45, 2.75) is 25.2 Å². The largest absolute Gasteiger partial charge is 0.310 e. The lowest BCUT2D eigenvalue weighted by Crippen LogP contribution is -2.24. The predicted octanol–water partition coefficient (Wildman–Crippen LogP) is 14.3. The highest BCUT2D eigenvalue weighted by Gasteiger charge is 2.44. The van der Waals surface area contributed by atoms with Gasteiger partial charge in [0.2, 0.25) is 0 Å². The van der Waals surface area contributed by atoms with Crippen molar-refractivity contribution < 1.29 is 0 Å². The smallest absolute Gasteiger partial charge is 0.0541 e. The zero-order valence-electron chi connectivity index (χ0n) is 31.0. The van der Waals surface area contributed by atoms with Crippen molar-refractivity contribution in [3.05, 3.63) is 205 Å². The lowest BCUT2D eigenvalue weighted by Gasteiger charge is -2.30. The normalized spacial score (nSPS) is 16.9. The van der Waals surface area contributed by atoms with E-state index in [-0.39, 0.29) is 5.41 Å². The lowest BCUT2D eigenvalue weighted by molar-refractivity contribution is 0.394. The summed E-state index contributed by atoms with van der Waals surface area (Å²) >= 11 is 0. The molecule has 1 aromatic heterocycles. The second kappa shape index (κ2) is 12.2. The van der Waals surface area contributed by atoms with Crippen LogP contribution in [0.5, 0.6) is 0 Å². The summed E-state index contributed by atoms with van der Waals surface area (Å²) in [5.74, 6) is 0.861. The number of benzene rings is 8. The van der Waals surface area contributed by atoms with Crippen molar-refractivity contribution in [1.29, 1.82) is 0 Å². The quantitative estimate of drug-likeness (QED) is 0.162. The molecule has 2 nitrogen and oxygen atoms in total. The van der Waals surface area contributed by atoms with Crippen LogP contribution in [0.3, 0.4) is 0 Å². The molecule has 2 aliphatic carbocycles. The number of aromatic nitrogens is 1. The van der Waals surface area contributed by atoms with Gasteiger partial charge in [0.05, 0.1) is 11.0 Å². The molecule has 1 heterocycles. The summed E-state index contributed by atoms with van der Waals surface area (Å²) in [6.45, 7) is 4.83. The van der Waals surface area contributed by atoms with Gasteiger partial charge in [0.25, 0.3) is 0 Å². The van der Waals surface area contributed by atoms with E-state index in [9.17, 15) is 0 Å². The maximum absolute atomic E-state index is 2.46. The van der Waals surface area contributed by atoms with E-state index in [0.29, 0.717) is 11.8 Å². The van der Waals surface area contributed by atoms with Gasteiger partial charge in [-0.05, 0) is 110 Å². The zero-order valence-corrected chi connectivity index (χ0v) is 31.0. The minimum atomic E-state index is 0.0101. The molecule has 0 fully saturated rings. The molecule has 0 saturated heterocycles. The second-order valence-electron chi connectivity index (χ2n) is 15.8. The molecule has 55 heavy (non-hydrogen) atoms. The Kier molecular flexibility index (Phi) is 7.06. The van der Waals surface area contributed by atoms with Crippen LogP contribution >= 0.6 is 0 Å². The Morgan fingerprint density at radius 1 is 0.491 bits per heavy atom. The number of hydrogen-bond donors (Lipinski definition) is 0. The summed E-state index contributed by atoms with van der Waals surface area (Å²) in [5.41, 5.74) is 12.3. The molecule has 0 amide bonds. The Balaban J connectivity index is 1.08. The maximum atomic E-state index is 2.46. The number of allylic oxidation sites excluding steroid dienone is 4. The Bertz CT molecular complexity index is 2980. The highest BCUT2D eigenvalue weighted by molar-refractivity contribution is 6.12. The van der Waals surface area contributed by atoms with Crippen LogP contribution in [0.1, 0.15) is 30.9 Å². The van der Waals surface area contributed by atoms with Gasteiger partial charge in [0.1, 0.15) is 0 Å². The first kappa shape index (κ1) is 31.8. The monoisotopic (exact) mass is 704 g/mol. The minimum Gasteiger partial charge on any atom is -0.310 e. The third-order valence-electron chi connectivity index (χ3n) is 12.5. The van der Waals surface area contributed by atoms with Gasteiger partial charge in [-0.25, -0.2) is 0 Å². The topological polar surface area (TPSA) is 8.17 Å². The fourth-order valence-corrected chi connectivity index (χ4v) is 9.81. The third kappa shape index (κ3) is 4.88. The van der Waals surface area contributed by atoms with E-state index in [2.05, 4.69) is 217 Å². The second-order valence-corrected chi connectivity index (χ2v) is 15.8. The summed E-state index contributed by atoms with van der Waals surface area (Å²) in [5, 5.41) is 7.65. The van der Waals surface area contributed by atoms with Crippen LogP contribution in [-0.4, -0.2) is 4.57 Å². The number of hydrogen-bond acceptors (Lipinski definition) is 1. The summed E-state index contributed by atoms with van der Waals surface area (Å²) in [6.07, 6.45) is 9.24. The van der Waals surface area contributed by atoms with Crippen molar-refractivity contribution in [1.82, 2.24) is 4.57 Å². The summed E-state index contributed by atoms with van der Waals surface area (Å²) in [7, 11) is 0. The number of rotatable bonds is 5. The van der Waals surface area contributed by atoms with E-state index in [1.165, 1.54) is 71.3 Å². The fraction of sp³-hybridized carbons (Fsp3) is 0.0943. The van der Waals surface area contributed by atoms with Crippen LogP contribution in [0.4, 0.5) is 17.1 Å². The highest BCUT2D eigenvalue weighted by atomic mass is 15.1. The van der Waals surface area contributed by atoms with E-state index in [1.54, 1.807) is 0 Å². The average Bonchev–Trinajstić information content (AvgIpc) is 3.69. The number of para-hydroxylation sites is 2. The van der Waals surface area contributed by atoms with Gasteiger partial charge < -0.3 is 9.47 Å². The predicted molar refractivity (Wildman–Crippen MR) is 233 cm³/mol. The first-order valence-corrected chi connectivity index (χ1v) is 19.4. The number of anilines is 3. The van der Waals surface area contributed by atoms with Crippen LogP contribution < -0.4 is 4.90 Å². The molecule has 262 valence electrons. The molecule has 2 aliphatic rings.